The molecule has 0 unspecified atom stereocenters. The second kappa shape index (κ2) is 8.14. The van der Waals surface area contributed by atoms with E-state index in [0.29, 0.717) is 16.4 Å². The number of benzene rings is 1. The van der Waals surface area contributed by atoms with E-state index in [1.807, 2.05) is 6.07 Å². The van der Waals surface area contributed by atoms with Crippen LogP contribution in [0.5, 0.6) is 5.75 Å². The summed E-state index contributed by atoms with van der Waals surface area (Å²) in [5.74, 6) is 2.32. The number of halogens is 1. The lowest BCUT2D eigenvalue weighted by Gasteiger charge is -2.08. The van der Waals surface area contributed by atoms with E-state index in [1.165, 1.54) is 17.4 Å². The smallest absolute Gasteiger partial charge is 0.268 e. The predicted octanol–water partition coefficient (Wildman–Crippen LogP) is 3.46. The van der Waals surface area contributed by atoms with Crippen molar-refractivity contribution in [2.24, 2.45) is 0 Å². The first kappa shape index (κ1) is 16.8. The fourth-order valence-electron chi connectivity index (χ4n) is 1.64. The number of aromatic nitrogens is 1. The molecule has 0 atom stereocenters. The topological polar surface area (TPSA) is 75.0 Å². The van der Waals surface area contributed by atoms with Gasteiger partial charge >= 0.3 is 0 Å². The largest absolute Gasteiger partial charge is 0.480 e. The van der Waals surface area contributed by atoms with Crippen molar-refractivity contribution in [2.75, 3.05) is 11.9 Å². The van der Waals surface area contributed by atoms with Crippen molar-refractivity contribution in [1.29, 1.82) is 5.26 Å². The summed E-state index contributed by atoms with van der Waals surface area (Å²) in [7, 11) is 0. The summed E-state index contributed by atoms with van der Waals surface area (Å²) in [6.07, 6.45) is 8.20. The van der Waals surface area contributed by atoms with Crippen LogP contribution in [0.1, 0.15) is 5.56 Å². The second-order valence-corrected chi connectivity index (χ2v) is 5.95. The van der Waals surface area contributed by atoms with Gasteiger partial charge in [0.25, 0.3) is 5.91 Å². The number of rotatable bonds is 5. The molecular weight excluding hydrogens is 378 g/mol. The van der Waals surface area contributed by atoms with Gasteiger partial charge in [-0.2, -0.15) is 5.26 Å². The SMILES string of the molecule is C#CCOc1ccc(Br)cc1/C=C(\C#N)C(=O)Nc1nccs1. The Balaban J connectivity index is 2.30. The molecule has 0 bridgehead atoms. The molecular formula is C16H10BrN3O2S. The van der Waals surface area contributed by atoms with Gasteiger partial charge in [0.05, 0.1) is 0 Å². The molecule has 1 amide bonds. The van der Waals surface area contributed by atoms with E-state index in [1.54, 1.807) is 29.8 Å². The van der Waals surface area contributed by atoms with Gasteiger partial charge in [-0.1, -0.05) is 21.9 Å². The molecule has 114 valence electrons. The fraction of sp³-hybridized carbons (Fsp3) is 0.0625. The first-order valence-electron chi connectivity index (χ1n) is 6.32. The number of thiazole rings is 1. The molecule has 1 aromatic heterocycles. The summed E-state index contributed by atoms with van der Waals surface area (Å²) >= 11 is 4.61. The number of nitrogens with zero attached hydrogens (tertiary/aromatic N) is 2. The molecule has 1 aromatic carbocycles. The van der Waals surface area contributed by atoms with E-state index in [9.17, 15) is 10.1 Å². The van der Waals surface area contributed by atoms with Crippen molar-refractivity contribution in [3.05, 3.63) is 45.4 Å². The predicted molar refractivity (Wildman–Crippen MR) is 92.8 cm³/mol. The van der Waals surface area contributed by atoms with Gasteiger partial charge in [-0.3, -0.25) is 10.1 Å². The summed E-state index contributed by atoms with van der Waals surface area (Å²) in [6.45, 7) is 0.0929. The van der Waals surface area contributed by atoms with Gasteiger partial charge in [0.15, 0.2) is 5.13 Å². The van der Waals surface area contributed by atoms with Gasteiger partial charge in [0, 0.05) is 21.6 Å². The molecule has 23 heavy (non-hydrogen) atoms. The van der Waals surface area contributed by atoms with Crippen LogP contribution in [0.25, 0.3) is 6.08 Å². The number of carbonyl (C=O) groups is 1. The van der Waals surface area contributed by atoms with Crippen LogP contribution in [0.3, 0.4) is 0 Å². The quantitative estimate of drug-likeness (QED) is 0.484. The fourth-order valence-corrected chi connectivity index (χ4v) is 2.54. The van der Waals surface area contributed by atoms with Gasteiger partial charge < -0.3 is 4.74 Å². The van der Waals surface area contributed by atoms with Crippen LogP contribution in [0.2, 0.25) is 0 Å². The molecule has 0 aliphatic carbocycles. The zero-order valence-electron chi connectivity index (χ0n) is 11.7. The highest BCUT2D eigenvalue weighted by molar-refractivity contribution is 9.10. The Morgan fingerprint density at radius 3 is 3.04 bits per heavy atom. The maximum absolute atomic E-state index is 12.1. The Labute approximate surface area is 145 Å². The lowest BCUT2D eigenvalue weighted by atomic mass is 10.1. The number of terminal acetylenes is 1. The third-order valence-electron chi connectivity index (χ3n) is 2.60. The van der Waals surface area contributed by atoms with E-state index in [0.717, 1.165) is 4.47 Å². The highest BCUT2D eigenvalue weighted by Gasteiger charge is 2.12. The first-order valence-corrected chi connectivity index (χ1v) is 7.99. The van der Waals surface area contributed by atoms with Crippen molar-refractivity contribution in [2.45, 2.75) is 0 Å². The average Bonchev–Trinajstić information content (AvgIpc) is 3.04. The number of carbonyl (C=O) groups excluding carboxylic acids is 1. The highest BCUT2D eigenvalue weighted by Crippen LogP contribution is 2.26. The Kier molecular flexibility index (Phi) is 5.93. The van der Waals surface area contributed by atoms with Gasteiger partial charge in [-0.15, -0.1) is 17.8 Å². The van der Waals surface area contributed by atoms with Crippen LogP contribution in [-0.2, 0) is 4.79 Å². The maximum atomic E-state index is 12.1. The van der Waals surface area contributed by atoms with Gasteiger partial charge in [-0.05, 0) is 24.3 Å². The van der Waals surface area contributed by atoms with Crippen molar-refractivity contribution in [3.63, 3.8) is 0 Å². The number of anilines is 1. The number of amides is 1. The van der Waals surface area contributed by atoms with Crippen molar-refractivity contribution in [3.8, 4) is 24.2 Å². The van der Waals surface area contributed by atoms with E-state index in [2.05, 4.69) is 32.2 Å². The minimum Gasteiger partial charge on any atom is -0.480 e. The number of ether oxygens (including phenoxy) is 1. The number of nitrogens with one attached hydrogen (secondary N) is 1. The van der Waals surface area contributed by atoms with Crippen LogP contribution in [0.4, 0.5) is 5.13 Å². The van der Waals surface area contributed by atoms with Crippen LogP contribution >= 0.6 is 27.3 Å². The van der Waals surface area contributed by atoms with Crippen LogP contribution in [0, 0.1) is 23.7 Å². The molecule has 0 fully saturated rings. The Bertz CT molecular complexity index is 817. The van der Waals surface area contributed by atoms with Crippen LogP contribution < -0.4 is 10.1 Å². The third-order valence-corrected chi connectivity index (χ3v) is 3.78. The van der Waals surface area contributed by atoms with Gasteiger partial charge in [-0.25, -0.2) is 4.98 Å². The molecule has 5 nitrogen and oxygen atoms in total. The molecule has 0 spiro atoms. The molecule has 1 N–H and O–H groups in total. The third kappa shape index (κ3) is 4.68. The molecule has 0 aliphatic rings. The number of hydrogen-bond acceptors (Lipinski definition) is 5. The Morgan fingerprint density at radius 1 is 1.57 bits per heavy atom. The lowest BCUT2D eigenvalue weighted by molar-refractivity contribution is -0.112. The molecule has 0 radical (unpaired) electrons. The average molecular weight is 388 g/mol. The van der Waals surface area contributed by atoms with Crippen molar-refractivity contribution in [1.82, 2.24) is 4.98 Å². The lowest BCUT2D eigenvalue weighted by Crippen LogP contribution is -2.13. The molecule has 0 saturated carbocycles. The van der Waals surface area contributed by atoms with Crippen LogP contribution in [-0.4, -0.2) is 17.5 Å². The van der Waals surface area contributed by atoms with E-state index in [-0.39, 0.29) is 12.2 Å². The van der Waals surface area contributed by atoms with E-state index >= 15 is 0 Å². The molecule has 2 aromatic rings. The Hall–Kier alpha value is -2.61. The van der Waals surface area contributed by atoms with Crippen molar-refractivity contribution < 1.29 is 9.53 Å². The number of hydrogen-bond donors (Lipinski definition) is 1. The summed E-state index contributed by atoms with van der Waals surface area (Å²) < 4.78 is 6.21. The number of nitriles is 1. The molecule has 7 heteroatoms. The minimum absolute atomic E-state index is 0.0659. The van der Waals surface area contributed by atoms with E-state index in [4.69, 9.17) is 11.2 Å². The molecule has 0 saturated heterocycles. The van der Waals surface area contributed by atoms with E-state index < -0.39 is 5.91 Å². The molecule has 2 rings (SSSR count). The van der Waals surface area contributed by atoms with Crippen LogP contribution in [0.15, 0.2) is 39.8 Å². The zero-order valence-corrected chi connectivity index (χ0v) is 14.1. The summed E-state index contributed by atoms with van der Waals surface area (Å²) in [5, 5.41) is 14.0. The Morgan fingerprint density at radius 2 is 2.39 bits per heavy atom. The molecule has 0 aliphatic heterocycles. The maximum Gasteiger partial charge on any atom is 0.268 e. The summed E-state index contributed by atoms with van der Waals surface area (Å²) in [6, 6.07) is 7.11. The summed E-state index contributed by atoms with van der Waals surface area (Å²) in [4.78, 5) is 16.1. The monoisotopic (exact) mass is 387 g/mol. The standard InChI is InChI=1S/C16H10BrN3O2S/c1-2-6-22-14-4-3-13(17)9-11(14)8-12(10-18)15(21)20-16-19-5-7-23-16/h1,3-5,7-9H,6H2,(H,19,20,21)/b12-8+. The molecule has 1 heterocycles. The summed E-state index contributed by atoms with van der Waals surface area (Å²) in [5.41, 5.74) is 0.504. The van der Waals surface area contributed by atoms with Gasteiger partial charge in [0.2, 0.25) is 0 Å². The highest BCUT2D eigenvalue weighted by atomic mass is 79.9. The first-order chi connectivity index (χ1) is 11.1. The van der Waals surface area contributed by atoms with Gasteiger partial charge in [0.1, 0.15) is 24.0 Å². The minimum atomic E-state index is -0.537. The second-order valence-electron chi connectivity index (χ2n) is 4.14. The van der Waals surface area contributed by atoms with Crippen molar-refractivity contribution >= 4 is 44.4 Å². The normalized spacial score (nSPS) is 10.5. The zero-order chi connectivity index (χ0) is 16.7.